The van der Waals surface area contributed by atoms with E-state index in [0.29, 0.717) is 5.69 Å². The van der Waals surface area contributed by atoms with Crippen LogP contribution in [0.3, 0.4) is 0 Å². The first-order valence-corrected chi connectivity index (χ1v) is 5.96. The van der Waals surface area contributed by atoms with Gasteiger partial charge >= 0.3 is 6.03 Å². The largest absolute Gasteiger partial charge is 0.368 e. The number of benzene rings is 1. The summed E-state index contributed by atoms with van der Waals surface area (Å²) in [4.78, 5) is 22.0. The predicted octanol–water partition coefficient (Wildman–Crippen LogP) is 1.09. The van der Waals surface area contributed by atoms with Crippen molar-refractivity contribution in [2.24, 2.45) is 11.5 Å². The second kappa shape index (κ2) is 5.71. The maximum atomic E-state index is 11.3. The Morgan fingerprint density at radius 3 is 2.11 bits per heavy atom. The molecule has 104 valence electrons. The van der Waals surface area contributed by atoms with Crippen molar-refractivity contribution < 1.29 is 9.59 Å². The fourth-order valence-electron chi connectivity index (χ4n) is 1.69. The lowest BCUT2D eigenvalue weighted by atomic mass is 10.0. The quantitative estimate of drug-likeness (QED) is 0.639. The van der Waals surface area contributed by atoms with Crippen molar-refractivity contribution in [1.82, 2.24) is 5.32 Å². The van der Waals surface area contributed by atoms with E-state index in [0.717, 1.165) is 5.56 Å². The van der Waals surface area contributed by atoms with E-state index in [1.165, 1.54) is 0 Å². The summed E-state index contributed by atoms with van der Waals surface area (Å²) >= 11 is 0. The third-order valence-corrected chi connectivity index (χ3v) is 2.87. The lowest BCUT2D eigenvalue weighted by Crippen LogP contribution is -2.51. The number of nitrogens with one attached hydrogen (secondary N) is 2. The van der Waals surface area contributed by atoms with Crippen molar-refractivity contribution in [3.05, 3.63) is 29.8 Å². The Hall–Kier alpha value is -2.08. The summed E-state index contributed by atoms with van der Waals surface area (Å²) in [7, 11) is 0. The van der Waals surface area contributed by atoms with Crippen LogP contribution in [0.1, 0.15) is 32.4 Å². The summed E-state index contributed by atoms with van der Waals surface area (Å²) in [6.07, 6.45) is 0. The zero-order valence-corrected chi connectivity index (χ0v) is 11.4. The summed E-state index contributed by atoms with van der Waals surface area (Å²) in [6, 6.07) is 6.53. The predicted molar refractivity (Wildman–Crippen MR) is 74.5 cm³/mol. The highest BCUT2D eigenvalue weighted by Gasteiger charge is 2.26. The van der Waals surface area contributed by atoms with Gasteiger partial charge in [-0.15, -0.1) is 0 Å². The molecule has 0 bridgehead atoms. The molecule has 6 nitrogen and oxygen atoms in total. The van der Waals surface area contributed by atoms with Crippen molar-refractivity contribution in [3.63, 3.8) is 0 Å². The van der Waals surface area contributed by atoms with Crippen molar-refractivity contribution >= 4 is 17.6 Å². The molecule has 6 N–H and O–H groups in total. The van der Waals surface area contributed by atoms with Crippen LogP contribution < -0.4 is 22.1 Å². The molecule has 0 aliphatic rings. The van der Waals surface area contributed by atoms with Gasteiger partial charge in [-0.3, -0.25) is 10.1 Å². The molecule has 1 rings (SSSR count). The van der Waals surface area contributed by atoms with E-state index in [4.69, 9.17) is 11.5 Å². The number of carbonyl (C=O) groups is 2. The van der Waals surface area contributed by atoms with Crippen LogP contribution in [0.25, 0.3) is 0 Å². The van der Waals surface area contributed by atoms with E-state index < -0.39 is 17.5 Å². The van der Waals surface area contributed by atoms with Gasteiger partial charge in [0, 0.05) is 11.7 Å². The van der Waals surface area contributed by atoms with Gasteiger partial charge in [-0.1, -0.05) is 12.1 Å². The summed E-state index contributed by atoms with van der Waals surface area (Å²) in [5, 5.41) is 5.63. The molecule has 0 spiro atoms. The van der Waals surface area contributed by atoms with E-state index in [2.05, 4.69) is 10.6 Å². The normalized spacial score (nSPS) is 12.8. The Balaban J connectivity index is 2.75. The molecule has 1 unspecified atom stereocenters. The average molecular weight is 264 g/mol. The van der Waals surface area contributed by atoms with Gasteiger partial charge in [-0.05, 0) is 38.5 Å². The molecule has 1 aromatic carbocycles. The summed E-state index contributed by atoms with van der Waals surface area (Å²) in [5.74, 6) is -0.411. The number of nitrogens with two attached hydrogens (primary N) is 2. The standard InChI is InChI=1S/C13H20N4O2/c1-8(17-13(2,3)11(14)18)9-4-6-10(7-5-9)16-12(15)19/h4-8,17H,1-3H3,(H2,14,18)(H3,15,16,19). The fraction of sp³-hybridized carbons (Fsp3) is 0.385. The van der Waals surface area contributed by atoms with E-state index in [9.17, 15) is 9.59 Å². The Labute approximate surface area is 112 Å². The minimum absolute atomic E-state index is 0.0508. The van der Waals surface area contributed by atoms with Crippen molar-refractivity contribution in [1.29, 1.82) is 0 Å². The van der Waals surface area contributed by atoms with Gasteiger partial charge in [0.25, 0.3) is 0 Å². The number of rotatable bonds is 5. The zero-order chi connectivity index (χ0) is 14.6. The maximum absolute atomic E-state index is 11.3. The Bertz CT molecular complexity index is 468. The summed E-state index contributed by atoms with van der Waals surface area (Å²) in [5.41, 5.74) is 11.1. The molecule has 6 heteroatoms. The highest BCUT2D eigenvalue weighted by molar-refractivity contribution is 5.87. The molecule has 19 heavy (non-hydrogen) atoms. The van der Waals surface area contributed by atoms with Gasteiger partial charge in [-0.2, -0.15) is 0 Å². The van der Waals surface area contributed by atoms with Crippen LogP contribution in [0, 0.1) is 0 Å². The number of hydrogen-bond acceptors (Lipinski definition) is 3. The van der Waals surface area contributed by atoms with Gasteiger partial charge < -0.3 is 16.8 Å². The first-order chi connectivity index (χ1) is 8.72. The number of anilines is 1. The number of primary amides is 2. The van der Waals surface area contributed by atoms with Gasteiger partial charge in [0.15, 0.2) is 0 Å². The molecule has 0 aromatic heterocycles. The Morgan fingerprint density at radius 1 is 1.16 bits per heavy atom. The highest BCUT2D eigenvalue weighted by atomic mass is 16.2. The van der Waals surface area contributed by atoms with Crippen LogP contribution in [0.4, 0.5) is 10.5 Å². The second-order valence-corrected chi connectivity index (χ2v) is 4.97. The second-order valence-electron chi connectivity index (χ2n) is 4.97. The maximum Gasteiger partial charge on any atom is 0.316 e. The average Bonchev–Trinajstić information content (AvgIpc) is 2.28. The van der Waals surface area contributed by atoms with Crippen LogP contribution in [-0.2, 0) is 4.79 Å². The minimum atomic E-state index is -0.788. The van der Waals surface area contributed by atoms with Crippen LogP contribution in [0.2, 0.25) is 0 Å². The Kier molecular flexibility index (Phi) is 4.50. The SMILES string of the molecule is CC(NC(C)(C)C(N)=O)c1ccc(NC(N)=O)cc1. The van der Waals surface area contributed by atoms with Crippen LogP contribution in [-0.4, -0.2) is 17.5 Å². The van der Waals surface area contributed by atoms with E-state index >= 15 is 0 Å². The van der Waals surface area contributed by atoms with E-state index in [1.54, 1.807) is 26.0 Å². The van der Waals surface area contributed by atoms with Crippen LogP contribution in [0.5, 0.6) is 0 Å². The van der Waals surface area contributed by atoms with Gasteiger partial charge in [-0.25, -0.2) is 4.79 Å². The molecule has 0 aliphatic carbocycles. The first kappa shape index (κ1) is 15.0. The number of carbonyl (C=O) groups excluding carboxylic acids is 2. The van der Waals surface area contributed by atoms with Crippen molar-refractivity contribution in [2.75, 3.05) is 5.32 Å². The molecule has 0 radical (unpaired) electrons. The number of urea groups is 1. The fourth-order valence-corrected chi connectivity index (χ4v) is 1.69. The number of amides is 3. The van der Waals surface area contributed by atoms with Crippen LogP contribution >= 0.6 is 0 Å². The van der Waals surface area contributed by atoms with Gasteiger partial charge in [0.2, 0.25) is 5.91 Å². The smallest absolute Gasteiger partial charge is 0.316 e. The van der Waals surface area contributed by atoms with Gasteiger partial charge in [0.05, 0.1) is 5.54 Å². The molecule has 0 heterocycles. The monoisotopic (exact) mass is 264 g/mol. The first-order valence-electron chi connectivity index (χ1n) is 5.96. The van der Waals surface area contributed by atoms with E-state index in [-0.39, 0.29) is 6.04 Å². The molecule has 1 aromatic rings. The molecular weight excluding hydrogens is 244 g/mol. The van der Waals surface area contributed by atoms with E-state index in [1.807, 2.05) is 19.1 Å². The summed E-state index contributed by atoms with van der Waals surface area (Å²) < 4.78 is 0. The highest BCUT2D eigenvalue weighted by Crippen LogP contribution is 2.18. The Morgan fingerprint density at radius 2 is 1.68 bits per heavy atom. The van der Waals surface area contributed by atoms with Crippen molar-refractivity contribution in [3.8, 4) is 0 Å². The molecule has 3 amide bonds. The summed E-state index contributed by atoms with van der Waals surface area (Å²) in [6.45, 7) is 5.39. The number of hydrogen-bond donors (Lipinski definition) is 4. The molecular formula is C13H20N4O2. The van der Waals surface area contributed by atoms with Crippen LogP contribution in [0.15, 0.2) is 24.3 Å². The molecule has 1 atom stereocenters. The third kappa shape index (κ3) is 4.26. The topological polar surface area (TPSA) is 110 Å². The lowest BCUT2D eigenvalue weighted by molar-refractivity contribution is -0.123. The zero-order valence-electron chi connectivity index (χ0n) is 11.4. The molecule has 0 saturated heterocycles. The lowest BCUT2D eigenvalue weighted by Gasteiger charge is -2.27. The molecule has 0 saturated carbocycles. The van der Waals surface area contributed by atoms with Gasteiger partial charge in [0.1, 0.15) is 0 Å². The van der Waals surface area contributed by atoms with Crippen molar-refractivity contribution in [2.45, 2.75) is 32.4 Å². The molecule has 0 fully saturated rings. The third-order valence-electron chi connectivity index (χ3n) is 2.87. The minimum Gasteiger partial charge on any atom is -0.368 e. The molecule has 0 aliphatic heterocycles.